The highest BCUT2D eigenvalue weighted by Crippen LogP contribution is 2.41. The summed E-state index contributed by atoms with van der Waals surface area (Å²) in [6.45, 7) is 0. The van der Waals surface area contributed by atoms with E-state index in [4.69, 9.17) is 43.1 Å². The molecule has 0 saturated carbocycles. The quantitative estimate of drug-likeness (QED) is 0.234. The standard InChI is InChI=1S/C24H19Cl2N5O7/c25-14-5-1-12(2-6-14)21(32)37-23(34)18-24(35,38-22(33)13-3-7-15(26)8-4-13)9-16(36-18)31-11-30-17-19(27)28-10-29-20(17)31/h1-8,10-11,16,18,23,34-35H,9H2,(H2,27,28,29)/t16-,18-,23?,24-/m1/s1. The summed E-state index contributed by atoms with van der Waals surface area (Å²) >= 11 is 11.7. The van der Waals surface area contributed by atoms with Gasteiger partial charge in [0.2, 0.25) is 12.1 Å². The van der Waals surface area contributed by atoms with E-state index in [9.17, 15) is 19.8 Å². The number of nitrogens with zero attached hydrogens (tertiary/aromatic N) is 4. The first kappa shape index (κ1) is 25.8. The van der Waals surface area contributed by atoms with Crippen LogP contribution in [0.5, 0.6) is 0 Å². The number of fused-ring (bicyclic) bond motifs is 1. The lowest BCUT2D eigenvalue weighted by atomic mass is 10.1. The first-order chi connectivity index (χ1) is 18.1. The molecule has 0 amide bonds. The molecule has 0 radical (unpaired) electrons. The smallest absolute Gasteiger partial charge is 0.340 e. The maximum absolute atomic E-state index is 12.9. The predicted octanol–water partition coefficient (Wildman–Crippen LogP) is 2.72. The molecular formula is C24H19Cl2N5O7. The van der Waals surface area contributed by atoms with Crippen molar-refractivity contribution in [2.75, 3.05) is 5.73 Å². The average molecular weight is 560 g/mol. The molecule has 2 aromatic heterocycles. The van der Waals surface area contributed by atoms with E-state index in [2.05, 4.69) is 15.0 Å². The van der Waals surface area contributed by atoms with Gasteiger partial charge in [0, 0.05) is 10.0 Å². The van der Waals surface area contributed by atoms with Crippen LogP contribution in [-0.2, 0) is 14.2 Å². The van der Waals surface area contributed by atoms with Crippen molar-refractivity contribution in [3.63, 3.8) is 0 Å². The Morgan fingerprint density at radius 1 is 1.03 bits per heavy atom. The van der Waals surface area contributed by atoms with Crippen LogP contribution in [0.15, 0.2) is 61.2 Å². The number of imidazole rings is 1. The molecule has 0 aliphatic carbocycles. The summed E-state index contributed by atoms with van der Waals surface area (Å²) in [5.74, 6) is -4.20. The fourth-order valence-electron chi connectivity index (χ4n) is 3.96. The summed E-state index contributed by atoms with van der Waals surface area (Å²) in [4.78, 5) is 37.7. The van der Waals surface area contributed by atoms with Crippen molar-refractivity contribution >= 4 is 52.1 Å². The molecule has 4 aromatic rings. The van der Waals surface area contributed by atoms with Crippen molar-refractivity contribution in [1.82, 2.24) is 19.5 Å². The Bertz CT molecular complexity index is 1500. The van der Waals surface area contributed by atoms with Crippen LogP contribution in [0.4, 0.5) is 5.82 Å². The first-order valence-corrected chi connectivity index (χ1v) is 11.8. The maximum Gasteiger partial charge on any atom is 0.340 e. The van der Waals surface area contributed by atoms with Crippen LogP contribution in [0.3, 0.4) is 0 Å². The van der Waals surface area contributed by atoms with E-state index in [-0.39, 0.29) is 34.5 Å². The van der Waals surface area contributed by atoms with Gasteiger partial charge in [0.05, 0.1) is 23.9 Å². The van der Waals surface area contributed by atoms with Crippen LogP contribution in [0.1, 0.15) is 33.4 Å². The van der Waals surface area contributed by atoms with Gasteiger partial charge in [0.1, 0.15) is 18.1 Å². The average Bonchev–Trinajstić information content (AvgIpc) is 3.46. The fraction of sp³-hybridized carbons (Fsp3) is 0.208. The normalized spacial score (nSPS) is 21.8. The monoisotopic (exact) mass is 559 g/mol. The molecule has 0 spiro atoms. The SMILES string of the molecule is Nc1ncnc2c1ncn2[C@H]1C[C@@](O)(OC(=O)c2ccc(Cl)cc2)[C@@H](C(O)OC(=O)c2ccc(Cl)cc2)O1. The Kier molecular flexibility index (Phi) is 6.90. The second-order valence-electron chi connectivity index (χ2n) is 8.34. The summed E-state index contributed by atoms with van der Waals surface area (Å²) in [5, 5.41) is 23.1. The summed E-state index contributed by atoms with van der Waals surface area (Å²) in [7, 11) is 0. The number of nitrogens with two attached hydrogens (primary N) is 1. The number of aromatic nitrogens is 4. The first-order valence-electron chi connectivity index (χ1n) is 11.1. The molecule has 1 saturated heterocycles. The number of aliphatic hydroxyl groups excluding tert-OH is 1. The van der Waals surface area contributed by atoms with Gasteiger partial charge in [-0.15, -0.1) is 0 Å². The molecule has 38 heavy (non-hydrogen) atoms. The lowest BCUT2D eigenvalue weighted by molar-refractivity contribution is -0.253. The Morgan fingerprint density at radius 3 is 2.26 bits per heavy atom. The number of nitrogen functional groups attached to an aromatic ring is 1. The lowest BCUT2D eigenvalue weighted by Gasteiger charge is -2.30. The molecule has 12 nitrogen and oxygen atoms in total. The molecule has 1 fully saturated rings. The minimum Gasteiger partial charge on any atom is -0.429 e. The van der Waals surface area contributed by atoms with Crippen LogP contribution in [0, 0.1) is 0 Å². The van der Waals surface area contributed by atoms with Gasteiger partial charge < -0.3 is 30.2 Å². The largest absolute Gasteiger partial charge is 0.429 e. The van der Waals surface area contributed by atoms with Crippen molar-refractivity contribution in [3.8, 4) is 0 Å². The number of hydrogen-bond donors (Lipinski definition) is 3. The van der Waals surface area contributed by atoms with Gasteiger partial charge in [-0.05, 0) is 48.5 Å². The summed E-state index contributed by atoms with van der Waals surface area (Å²) < 4.78 is 17.8. The Hall–Kier alpha value is -3.81. The zero-order valence-electron chi connectivity index (χ0n) is 19.3. The Morgan fingerprint density at radius 2 is 1.63 bits per heavy atom. The number of esters is 2. The van der Waals surface area contributed by atoms with Gasteiger partial charge in [-0.1, -0.05) is 23.2 Å². The number of benzene rings is 2. The molecular weight excluding hydrogens is 541 g/mol. The third-order valence-electron chi connectivity index (χ3n) is 5.83. The molecule has 196 valence electrons. The number of hydrogen-bond acceptors (Lipinski definition) is 11. The van der Waals surface area contributed by atoms with Crippen molar-refractivity contribution in [3.05, 3.63) is 82.4 Å². The third-order valence-corrected chi connectivity index (χ3v) is 6.33. The summed E-state index contributed by atoms with van der Waals surface area (Å²) in [6.07, 6.45) is -2.67. The molecule has 1 aliphatic rings. The third kappa shape index (κ3) is 4.99. The Labute approximate surface area is 224 Å². The van der Waals surface area contributed by atoms with E-state index in [1.807, 2.05) is 0 Å². The highest BCUT2D eigenvalue weighted by atomic mass is 35.5. The topological polar surface area (TPSA) is 172 Å². The van der Waals surface area contributed by atoms with E-state index in [0.717, 1.165) is 0 Å². The summed E-state index contributed by atoms with van der Waals surface area (Å²) in [6, 6.07) is 11.5. The van der Waals surface area contributed by atoms with E-state index in [0.29, 0.717) is 10.0 Å². The van der Waals surface area contributed by atoms with Gasteiger partial charge >= 0.3 is 11.9 Å². The number of aliphatic hydroxyl groups is 2. The molecule has 1 unspecified atom stereocenters. The van der Waals surface area contributed by atoms with Crippen LogP contribution < -0.4 is 5.73 Å². The lowest BCUT2D eigenvalue weighted by Crippen LogP contribution is -2.50. The minimum absolute atomic E-state index is 0.0752. The highest BCUT2D eigenvalue weighted by molar-refractivity contribution is 6.31. The van der Waals surface area contributed by atoms with Gasteiger partial charge in [-0.2, -0.15) is 0 Å². The van der Waals surface area contributed by atoms with Crippen molar-refractivity contribution in [1.29, 1.82) is 0 Å². The zero-order chi connectivity index (χ0) is 27.0. The molecule has 4 atom stereocenters. The van der Waals surface area contributed by atoms with E-state index >= 15 is 0 Å². The molecule has 5 rings (SSSR count). The van der Waals surface area contributed by atoms with Crippen molar-refractivity contribution in [2.24, 2.45) is 0 Å². The van der Waals surface area contributed by atoms with Crippen molar-refractivity contribution in [2.45, 2.75) is 30.8 Å². The summed E-state index contributed by atoms with van der Waals surface area (Å²) in [5.41, 5.74) is 6.55. The number of rotatable bonds is 6. The van der Waals surface area contributed by atoms with Crippen LogP contribution in [0.25, 0.3) is 11.2 Å². The van der Waals surface area contributed by atoms with Crippen molar-refractivity contribution < 1.29 is 34.0 Å². The number of carbonyl (C=O) groups is 2. The Balaban J connectivity index is 1.44. The molecule has 4 N–H and O–H groups in total. The van der Waals surface area contributed by atoms with Gasteiger partial charge in [-0.25, -0.2) is 24.5 Å². The second kappa shape index (κ2) is 10.2. The fourth-order valence-corrected chi connectivity index (χ4v) is 4.21. The molecule has 2 aromatic carbocycles. The molecule has 1 aliphatic heterocycles. The zero-order valence-corrected chi connectivity index (χ0v) is 20.8. The molecule has 14 heteroatoms. The van der Waals surface area contributed by atoms with Crippen LogP contribution in [-0.4, -0.2) is 59.9 Å². The van der Waals surface area contributed by atoms with E-state index < -0.39 is 36.3 Å². The molecule has 3 heterocycles. The van der Waals surface area contributed by atoms with Crippen LogP contribution in [0.2, 0.25) is 10.0 Å². The minimum atomic E-state index is -2.45. The van der Waals surface area contributed by atoms with Gasteiger partial charge in [0.25, 0.3) is 0 Å². The highest BCUT2D eigenvalue weighted by Gasteiger charge is 2.56. The predicted molar refractivity (Wildman–Crippen MR) is 133 cm³/mol. The number of ether oxygens (including phenoxy) is 3. The second-order valence-corrected chi connectivity index (χ2v) is 9.22. The van der Waals surface area contributed by atoms with E-state index in [1.54, 1.807) is 0 Å². The maximum atomic E-state index is 12.9. The number of carbonyl (C=O) groups excluding carboxylic acids is 2. The molecule has 0 bridgehead atoms. The number of halogens is 2. The van der Waals surface area contributed by atoms with Gasteiger partial charge in [-0.3, -0.25) is 4.57 Å². The van der Waals surface area contributed by atoms with Crippen LogP contribution >= 0.6 is 23.2 Å². The number of anilines is 1. The van der Waals surface area contributed by atoms with E-state index in [1.165, 1.54) is 65.8 Å². The van der Waals surface area contributed by atoms with Gasteiger partial charge in [0.15, 0.2) is 17.6 Å².